The number of aromatic nitrogens is 2. The van der Waals surface area contributed by atoms with Crippen LogP contribution in [0.4, 0.5) is 5.13 Å². The largest absolute Gasteiger partial charge is 0.391 e. The maximum absolute atomic E-state index is 11.9. The monoisotopic (exact) mass is 291 g/mol. The zero-order valence-corrected chi connectivity index (χ0v) is 11.2. The molecule has 0 radical (unpaired) electrons. The Morgan fingerprint density at radius 1 is 1.53 bits per heavy atom. The van der Waals surface area contributed by atoms with Crippen LogP contribution < -0.4 is 4.72 Å². The van der Waals surface area contributed by atoms with Crippen LogP contribution in [0.5, 0.6) is 0 Å². The first-order valence-electron chi connectivity index (χ1n) is 4.52. The Kier molecular flexibility index (Phi) is 3.43. The molecule has 2 rings (SSSR count). The quantitative estimate of drug-likeness (QED) is 0.883. The van der Waals surface area contributed by atoms with Crippen LogP contribution in [0, 0.1) is 6.92 Å². The Morgan fingerprint density at radius 2 is 2.29 bits per heavy atom. The molecule has 2 N–H and O–H groups in total. The summed E-state index contributed by atoms with van der Waals surface area (Å²) < 4.78 is 26.4. The zero-order valence-electron chi connectivity index (χ0n) is 8.74. The maximum Gasteiger partial charge on any atom is 0.273 e. The lowest BCUT2D eigenvalue weighted by atomic mass is 10.3. The number of nitrogens with one attached hydrogen (secondary N) is 1. The fourth-order valence-corrected chi connectivity index (χ4v) is 4.30. The molecule has 0 aliphatic heterocycles. The SMILES string of the molecule is Cc1cc(S(=O)(=O)Nc2nncs2)sc1CO. The second kappa shape index (κ2) is 4.69. The van der Waals surface area contributed by atoms with Gasteiger partial charge >= 0.3 is 0 Å². The van der Waals surface area contributed by atoms with Crippen molar-refractivity contribution in [2.75, 3.05) is 4.72 Å². The van der Waals surface area contributed by atoms with Crippen LogP contribution in [0.15, 0.2) is 15.8 Å². The van der Waals surface area contributed by atoms with Crippen molar-refractivity contribution in [3.8, 4) is 0 Å². The van der Waals surface area contributed by atoms with Gasteiger partial charge in [-0.2, -0.15) is 0 Å². The Balaban J connectivity index is 2.31. The summed E-state index contributed by atoms with van der Waals surface area (Å²) in [5, 5.41) is 16.4. The third kappa shape index (κ3) is 2.63. The van der Waals surface area contributed by atoms with E-state index in [0.29, 0.717) is 4.88 Å². The Bertz CT molecular complexity index is 603. The van der Waals surface area contributed by atoms with E-state index in [0.717, 1.165) is 28.2 Å². The van der Waals surface area contributed by atoms with Gasteiger partial charge in [0.05, 0.1) is 6.61 Å². The van der Waals surface area contributed by atoms with E-state index in [9.17, 15) is 8.42 Å². The second-order valence-electron chi connectivity index (χ2n) is 3.18. The van der Waals surface area contributed by atoms with Gasteiger partial charge in [-0.05, 0) is 18.6 Å². The number of hydrogen-bond donors (Lipinski definition) is 2. The summed E-state index contributed by atoms with van der Waals surface area (Å²) >= 11 is 2.15. The molecule has 2 aromatic heterocycles. The zero-order chi connectivity index (χ0) is 12.5. The van der Waals surface area contributed by atoms with E-state index in [1.807, 2.05) is 0 Å². The van der Waals surface area contributed by atoms with E-state index in [1.165, 1.54) is 11.6 Å². The number of aliphatic hydroxyl groups excluding tert-OH is 1. The predicted molar refractivity (Wildman–Crippen MR) is 65.7 cm³/mol. The molecule has 6 nitrogen and oxygen atoms in total. The fraction of sp³-hybridized carbons (Fsp3) is 0.250. The van der Waals surface area contributed by atoms with Gasteiger partial charge in [0.1, 0.15) is 9.72 Å². The molecule has 2 heterocycles. The van der Waals surface area contributed by atoms with E-state index in [1.54, 1.807) is 6.92 Å². The third-order valence-corrected chi connectivity index (χ3v) is 5.76. The van der Waals surface area contributed by atoms with Crippen molar-refractivity contribution in [2.24, 2.45) is 0 Å². The Labute approximate surface area is 106 Å². The number of nitrogens with zero attached hydrogens (tertiary/aromatic N) is 2. The van der Waals surface area contributed by atoms with Gasteiger partial charge in [-0.3, -0.25) is 4.72 Å². The summed E-state index contributed by atoms with van der Waals surface area (Å²) in [5.74, 6) is 0. The molecule has 0 bridgehead atoms. The van der Waals surface area contributed by atoms with E-state index < -0.39 is 10.0 Å². The van der Waals surface area contributed by atoms with Gasteiger partial charge in [-0.1, -0.05) is 11.3 Å². The second-order valence-corrected chi connectivity index (χ2v) is 7.06. The van der Waals surface area contributed by atoms with Crippen LogP contribution in [-0.4, -0.2) is 23.7 Å². The van der Waals surface area contributed by atoms with Crippen molar-refractivity contribution in [3.63, 3.8) is 0 Å². The van der Waals surface area contributed by atoms with Gasteiger partial charge in [0.25, 0.3) is 10.0 Å². The minimum Gasteiger partial charge on any atom is -0.391 e. The number of rotatable bonds is 4. The molecule has 0 spiro atoms. The maximum atomic E-state index is 11.9. The van der Waals surface area contributed by atoms with Crippen molar-refractivity contribution in [2.45, 2.75) is 17.7 Å². The average molecular weight is 291 g/mol. The summed E-state index contributed by atoms with van der Waals surface area (Å²) in [6, 6.07) is 1.53. The lowest BCUT2D eigenvalue weighted by Crippen LogP contribution is -2.11. The van der Waals surface area contributed by atoms with Crippen LogP contribution in [0.2, 0.25) is 0 Å². The van der Waals surface area contributed by atoms with Gasteiger partial charge in [-0.25, -0.2) is 8.42 Å². The first kappa shape index (κ1) is 12.4. The Hall–Kier alpha value is -1.03. The van der Waals surface area contributed by atoms with Crippen LogP contribution in [0.3, 0.4) is 0 Å². The topological polar surface area (TPSA) is 92.2 Å². The molecule has 0 atom stereocenters. The van der Waals surface area contributed by atoms with Crippen LogP contribution in [-0.2, 0) is 16.6 Å². The van der Waals surface area contributed by atoms with Crippen LogP contribution in [0.1, 0.15) is 10.4 Å². The highest BCUT2D eigenvalue weighted by Crippen LogP contribution is 2.27. The molecule has 0 aromatic carbocycles. The van der Waals surface area contributed by atoms with Crippen molar-refractivity contribution >= 4 is 37.8 Å². The minimum atomic E-state index is -3.63. The van der Waals surface area contributed by atoms with E-state index in [2.05, 4.69) is 14.9 Å². The van der Waals surface area contributed by atoms with Gasteiger partial charge in [0, 0.05) is 4.88 Å². The number of thiophene rings is 1. The Morgan fingerprint density at radius 3 is 2.82 bits per heavy atom. The number of sulfonamides is 1. The summed E-state index contributed by atoms with van der Waals surface area (Å²) in [7, 11) is -3.63. The summed E-state index contributed by atoms with van der Waals surface area (Å²) in [6.07, 6.45) is 0. The molecule has 0 amide bonds. The molecule has 92 valence electrons. The van der Waals surface area contributed by atoms with Crippen molar-refractivity contribution < 1.29 is 13.5 Å². The first-order valence-corrected chi connectivity index (χ1v) is 7.70. The summed E-state index contributed by atoms with van der Waals surface area (Å²) in [6.45, 7) is 1.59. The van der Waals surface area contributed by atoms with Gasteiger partial charge in [-0.15, -0.1) is 21.5 Å². The van der Waals surface area contributed by atoms with Gasteiger partial charge in [0.2, 0.25) is 5.13 Å². The third-order valence-electron chi connectivity index (χ3n) is 1.99. The van der Waals surface area contributed by atoms with Crippen molar-refractivity contribution in [1.29, 1.82) is 0 Å². The highest BCUT2D eigenvalue weighted by molar-refractivity contribution is 7.94. The molecule has 0 saturated heterocycles. The fourth-order valence-electron chi connectivity index (χ4n) is 1.16. The summed E-state index contributed by atoms with van der Waals surface area (Å²) in [5.41, 5.74) is 2.20. The summed E-state index contributed by atoms with van der Waals surface area (Å²) in [4.78, 5) is 0.641. The highest BCUT2D eigenvalue weighted by atomic mass is 32.2. The average Bonchev–Trinajstić information content (AvgIpc) is 2.87. The van der Waals surface area contributed by atoms with E-state index in [-0.39, 0.29) is 15.9 Å². The highest BCUT2D eigenvalue weighted by Gasteiger charge is 2.19. The molecule has 0 fully saturated rings. The number of aryl methyl sites for hydroxylation is 1. The normalized spacial score (nSPS) is 11.6. The smallest absolute Gasteiger partial charge is 0.273 e. The lowest BCUT2D eigenvalue weighted by molar-refractivity contribution is 0.285. The number of hydrogen-bond acceptors (Lipinski definition) is 7. The van der Waals surface area contributed by atoms with E-state index >= 15 is 0 Å². The molecule has 9 heteroatoms. The standard InChI is InChI=1S/C8H9N3O3S3/c1-5-2-7(16-6(5)3-12)17(13,14)11-8-10-9-4-15-8/h2,4,12H,3H2,1H3,(H,10,11). The first-order chi connectivity index (χ1) is 8.03. The van der Waals surface area contributed by atoms with Crippen LogP contribution >= 0.6 is 22.7 Å². The molecular weight excluding hydrogens is 282 g/mol. The molecule has 0 saturated carbocycles. The number of aliphatic hydroxyl groups is 1. The minimum absolute atomic E-state index is 0.161. The van der Waals surface area contributed by atoms with Gasteiger partial charge in [0.15, 0.2) is 0 Å². The van der Waals surface area contributed by atoms with Gasteiger partial charge < -0.3 is 5.11 Å². The molecule has 17 heavy (non-hydrogen) atoms. The molecular formula is C8H9N3O3S3. The van der Waals surface area contributed by atoms with Crippen molar-refractivity contribution in [1.82, 2.24) is 10.2 Å². The van der Waals surface area contributed by atoms with E-state index in [4.69, 9.17) is 5.11 Å². The lowest BCUT2D eigenvalue weighted by Gasteiger charge is -2.00. The molecule has 2 aromatic rings. The predicted octanol–water partition coefficient (Wildman–Crippen LogP) is 1.20. The molecule has 0 aliphatic carbocycles. The molecule has 0 aliphatic rings. The van der Waals surface area contributed by atoms with Crippen molar-refractivity contribution in [3.05, 3.63) is 22.0 Å². The van der Waals surface area contributed by atoms with Crippen LogP contribution in [0.25, 0.3) is 0 Å². The molecule has 0 unspecified atom stereocenters. The number of anilines is 1.